The number of amides is 1. The Morgan fingerprint density at radius 2 is 1.36 bits per heavy atom. The van der Waals surface area contributed by atoms with Crippen LogP contribution in [0.25, 0.3) is 0 Å². The Hall–Kier alpha value is -3.15. The molecule has 0 saturated heterocycles. The first-order valence-electron chi connectivity index (χ1n) is 8.96. The van der Waals surface area contributed by atoms with E-state index in [-0.39, 0.29) is 5.78 Å². The van der Waals surface area contributed by atoms with Crippen LogP contribution in [-0.2, 0) is 19.9 Å². The first-order valence-corrected chi connectivity index (χ1v) is 8.96. The number of esters is 1. The van der Waals surface area contributed by atoms with Crippen LogP contribution in [0.4, 0.5) is 4.79 Å². The van der Waals surface area contributed by atoms with Crippen molar-refractivity contribution in [2.24, 2.45) is 0 Å². The van der Waals surface area contributed by atoms with Crippen molar-refractivity contribution in [1.82, 2.24) is 5.32 Å². The van der Waals surface area contributed by atoms with Gasteiger partial charge in [0.1, 0.15) is 12.1 Å². The molecule has 28 heavy (non-hydrogen) atoms. The van der Waals surface area contributed by atoms with Crippen LogP contribution in [-0.4, -0.2) is 30.0 Å². The highest BCUT2D eigenvalue weighted by molar-refractivity contribution is 6.03. The Balaban J connectivity index is 2.18. The summed E-state index contributed by atoms with van der Waals surface area (Å²) < 4.78 is 10.7. The van der Waals surface area contributed by atoms with Crippen molar-refractivity contribution in [1.29, 1.82) is 0 Å². The molecule has 1 atom stereocenters. The number of hydrogen-bond acceptors (Lipinski definition) is 5. The molecule has 0 aliphatic heterocycles. The van der Waals surface area contributed by atoms with Gasteiger partial charge in [0.2, 0.25) is 5.78 Å². The molecular formula is C22H25NO5. The smallest absolute Gasteiger partial charge is 0.408 e. The van der Waals surface area contributed by atoms with E-state index in [1.807, 2.05) is 6.07 Å². The maximum Gasteiger partial charge on any atom is 0.408 e. The summed E-state index contributed by atoms with van der Waals surface area (Å²) in [6, 6.07) is 17.4. The molecule has 0 radical (unpaired) electrons. The molecule has 148 valence electrons. The fourth-order valence-electron chi connectivity index (χ4n) is 2.58. The van der Waals surface area contributed by atoms with Gasteiger partial charge in [-0.05, 0) is 27.7 Å². The summed E-state index contributed by atoms with van der Waals surface area (Å²) >= 11 is 0. The normalized spacial score (nSPS) is 13.1. The summed E-state index contributed by atoms with van der Waals surface area (Å²) in [6.07, 6.45) is -0.736. The van der Waals surface area contributed by atoms with Gasteiger partial charge in [-0.15, -0.1) is 0 Å². The Labute approximate surface area is 164 Å². The van der Waals surface area contributed by atoms with Crippen LogP contribution in [0, 0.1) is 0 Å². The lowest BCUT2D eigenvalue weighted by atomic mass is 9.87. The molecular weight excluding hydrogens is 358 g/mol. The Morgan fingerprint density at radius 3 is 1.89 bits per heavy atom. The zero-order valence-electron chi connectivity index (χ0n) is 16.5. The van der Waals surface area contributed by atoms with E-state index >= 15 is 0 Å². The second-order valence-corrected chi connectivity index (χ2v) is 7.42. The van der Waals surface area contributed by atoms with Crippen molar-refractivity contribution in [2.75, 3.05) is 6.54 Å². The van der Waals surface area contributed by atoms with E-state index in [2.05, 4.69) is 5.32 Å². The zero-order chi connectivity index (χ0) is 20.8. The van der Waals surface area contributed by atoms with Gasteiger partial charge in [-0.25, -0.2) is 4.79 Å². The molecule has 0 spiro atoms. The highest BCUT2D eigenvalue weighted by Gasteiger charge is 2.39. The van der Waals surface area contributed by atoms with Gasteiger partial charge in [-0.1, -0.05) is 60.7 Å². The molecule has 2 rings (SSSR count). The number of ether oxygens (including phenoxy) is 2. The van der Waals surface area contributed by atoms with E-state index in [4.69, 9.17) is 9.47 Å². The topological polar surface area (TPSA) is 81.7 Å². The number of benzene rings is 2. The summed E-state index contributed by atoms with van der Waals surface area (Å²) in [4.78, 5) is 37.3. The first kappa shape index (κ1) is 21.2. The summed E-state index contributed by atoms with van der Waals surface area (Å²) in [7, 11) is 0. The average molecular weight is 383 g/mol. The molecule has 2 aromatic rings. The van der Waals surface area contributed by atoms with E-state index in [0.717, 1.165) is 0 Å². The molecule has 1 N–H and O–H groups in total. The predicted molar refractivity (Wildman–Crippen MR) is 105 cm³/mol. The summed E-state index contributed by atoms with van der Waals surface area (Å²) in [5, 5.41) is 2.34. The van der Waals surface area contributed by atoms with Gasteiger partial charge in [-0.2, -0.15) is 0 Å². The number of hydrogen-bond donors (Lipinski definition) is 1. The molecule has 0 heterocycles. The van der Waals surface area contributed by atoms with Gasteiger partial charge < -0.3 is 14.8 Å². The zero-order valence-corrected chi connectivity index (χ0v) is 16.5. The lowest BCUT2D eigenvalue weighted by molar-refractivity contribution is -0.153. The van der Waals surface area contributed by atoms with E-state index in [0.29, 0.717) is 11.1 Å². The minimum absolute atomic E-state index is 0.357. The lowest BCUT2D eigenvalue weighted by Gasteiger charge is -2.29. The molecule has 1 amide bonds. The second kappa shape index (κ2) is 8.69. The number of carbonyl (C=O) groups excluding carboxylic acids is 3. The summed E-state index contributed by atoms with van der Waals surface area (Å²) in [5.41, 5.74) is -1.26. The fourth-order valence-corrected chi connectivity index (χ4v) is 2.58. The monoisotopic (exact) mass is 383 g/mol. The highest BCUT2D eigenvalue weighted by Crippen LogP contribution is 2.30. The molecule has 0 saturated carbocycles. The van der Waals surface area contributed by atoms with Crippen molar-refractivity contribution in [2.45, 2.75) is 38.9 Å². The van der Waals surface area contributed by atoms with E-state index in [9.17, 15) is 14.4 Å². The van der Waals surface area contributed by atoms with Gasteiger partial charge in [0.25, 0.3) is 0 Å². The van der Waals surface area contributed by atoms with Gasteiger partial charge in [0.05, 0.1) is 0 Å². The molecule has 2 aromatic carbocycles. The third-order valence-corrected chi connectivity index (χ3v) is 3.89. The molecule has 0 bridgehead atoms. The Kier molecular flexibility index (Phi) is 6.57. The van der Waals surface area contributed by atoms with Crippen molar-refractivity contribution in [3.63, 3.8) is 0 Å². The second-order valence-electron chi connectivity index (χ2n) is 7.42. The van der Waals surface area contributed by atoms with Crippen molar-refractivity contribution >= 4 is 17.8 Å². The van der Waals surface area contributed by atoms with Crippen LogP contribution in [0.3, 0.4) is 0 Å². The number of ketones is 1. The summed E-state index contributed by atoms with van der Waals surface area (Å²) in [6.45, 7) is 6.28. The van der Waals surface area contributed by atoms with Crippen LogP contribution < -0.4 is 5.32 Å². The van der Waals surface area contributed by atoms with Crippen LogP contribution in [0.15, 0.2) is 60.7 Å². The number of nitrogens with one attached hydrogen (secondary N) is 1. The third kappa shape index (κ3) is 5.67. The standard InChI is InChI=1S/C22H25NO5/c1-21(2,3)28-20(26)23-15-18(24)27-22(4,17-13-9-6-10-14-17)19(25)16-11-7-5-8-12-16/h5-14H,15H2,1-4H3,(H,23,26)/t22-/m0/s1. The molecule has 0 aromatic heterocycles. The van der Waals surface area contributed by atoms with E-state index < -0.39 is 29.8 Å². The van der Waals surface area contributed by atoms with Crippen molar-refractivity contribution in [3.05, 3.63) is 71.8 Å². The average Bonchev–Trinajstić information content (AvgIpc) is 2.66. The number of alkyl carbamates (subject to hydrolysis) is 1. The Bertz CT molecular complexity index is 827. The van der Waals surface area contributed by atoms with Crippen molar-refractivity contribution < 1.29 is 23.9 Å². The number of carbonyl (C=O) groups is 3. The highest BCUT2D eigenvalue weighted by atomic mass is 16.6. The Morgan fingerprint density at radius 1 is 0.821 bits per heavy atom. The maximum absolute atomic E-state index is 13.1. The molecule has 0 aliphatic rings. The quantitative estimate of drug-likeness (QED) is 0.605. The number of rotatable bonds is 6. The van der Waals surface area contributed by atoms with Gasteiger partial charge in [0.15, 0.2) is 5.60 Å². The number of Topliss-reactive ketones (excluding diaryl/α,β-unsaturated/α-hetero) is 1. The van der Waals surface area contributed by atoms with Gasteiger partial charge in [-0.3, -0.25) is 9.59 Å². The molecule has 6 nitrogen and oxygen atoms in total. The fraction of sp³-hybridized carbons (Fsp3) is 0.318. The molecule has 0 unspecified atom stereocenters. The van der Waals surface area contributed by atoms with Gasteiger partial charge >= 0.3 is 12.1 Å². The summed E-state index contributed by atoms with van der Waals surface area (Å²) in [5.74, 6) is -1.11. The third-order valence-electron chi connectivity index (χ3n) is 3.89. The maximum atomic E-state index is 13.1. The van der Waals surface area contributed by atoms with Crippen LogP contribution in [0.5, 0.6) is 0 Å². The largest absolute Gasteiger partial charge is 0.445 e. The van der Waals surface area contributed by atoms with Crippen LogP contribution in [0.1, 0.15) is 43.6 Å². The molecule has 0 aliphatic carbocycles. The van der Waals surface area contributed by atoms with Crippen LogP contribution >= 0.6 is 0 Å². The predicted octanol–water partition coefficient (Wildman–Crippen LogP) is 3.85. The van der Waals surface area contributed by atoms with Gasteiger partial charge in [0, 0.05) is 11.1 Å². The SMILES string of the molecule is CC(C)(C)OC(=O)NCC(=O)O[C@](C)(C(=O)c1ccccc1)c1ccccc1. The first-order chi connectivity index (χ1) is 13.1. The molecule has 6 heteroatoms. The van der Waals surface area contributed by atoms with Crippen LogP contribution in [0.2, 0.25) is 0 Å². The van der Waals surface area contributed by atoms with Crippen molar-refractivity contribution in [3.8, 4) is 0 Å². The van der Waals surface area contributed by atoms with E-state index in [1.54, 1.807) is 82.3 Å². The van der Waals surface area contributed by atoms with E-state index in [1.165, 1.54) is 0 Å². The minimum Gasteiger partial charge on any atom is -0.445 e. The lowest BCUT2D eigenvalue weighted by Crippen LogP contribution is -2.42. The molecule has 0 fully saturated rings. The minimum atomic E-state index is -1.53.